The van der Waals surface area contributed by atoms with Crippen molar-refractivity contribution in [3.05, 3.63) is 41.7 Å². The molecule has 1 N–H and O–H groups in total. The van der Waals surface area contributed by atoms with Crippen molar-refractivity contribution in [3.63, 3.8) is 0 Å². The van der Waals surface area contributed by atoms with Gasteiger partial charge in [-0.3, -0.25) is 4.90 Å². The predicted octanol–water partition coefficient (Wildman–Crippen LogP) is 1.32. The van der Waals surface area contributed by atoms with Crippen LogP contribution in [-0.2, 0) is 9.84 Å². The number of sulfone groups is 1. The highest BCUT2D eigenvalue weighted by atomic mass is 32.2. The summed E-state index contributed by atoms with van der Waals surface area (Å²) in [7, 11) is -2.93. The number of hydrogen-bond acceptors (Lipinski definition) is 4. The van der Waals surface area contributed by atoms with E-state index in [0.29, 0.717) is 19.5 Å². The van der Waals surface area contributed by atoms with E-state index in [9.17, 15) is 12.8 Å². The summed E-state index contributed by atoms with van der Waals surface area (Å²) in [6.07, 6.45) is 4.40. The molecule has 1 unspecified atom stereocenters. The highest BCUT2D eigenvalue weighted by Gasteiger charge is 2.31. The third-order valence-electron chi connectivity index (χ3n) is 3.63. The first-order valence-electron chi connectivity index (χ1n) is 6.97. The average molecular weight is 313 g/mol. The normalized spacial score (nSPS) is 21.4. The van der Waals surface area contributed by atoms with Gasteiger partial charge in [-0.1, -0.05) is 24.3 Å². The standard InChI is InChI=1S/C15H20FNO3S/c16-14-5-3-13(4-6-14)2-1-8-17(9-10-18)15-7-11-21(19,20)12-15/h1-6,15,18H,7-12H2/b2-1+. The van der Waals surface area contributed by atoms with Gasteiger partial charge in [-0.15, -0.1) is 0 Å². The lowest BCUT2D eigenvalue weighted by Gasteiger charge is -2.25. The van der Waals surface area contributed by atoms with Crippen LogP contribution < -0.4 is 0 Å². The summed E-state index contributed by atoms with van der Waals surface area (Å²) < 4.78 is 35.9. The fraction of sp³-hybridized carbons (Fsp3) is 0.467. The van der Waals surface area contributed by atoms with E-state index in [2.05, 4.69) is 0 Å². The van der Waals surface area contributed by atoms with Crippen LogP contribution in [0.4, 0.5) is 4.39 Å². The van der Waals surface area contributed by atoms with Crippen LogP contribution >= 0.6 is 0 Å². The first-order valence-corrected chi connectivity index (χ1v) is 8.80. The lowest BCUT2D eigenvalue weighted by molar-refractivity contribution is 0.174. The summed E-state index contributed by atoms with van der Waals surface area (Å²) in [5.41, 5.74) is 0.888. The molecule has 0 aromatic heterocycles. The SMILES string of the molecule is O=S1(=O)CCC(N(C/C=C/c2ccc(F)cc2)CCO)C1. The molecule has 4 nitrogen and oxygen atoms in total. The number of benzene rings is 1. The Kier molecular flexibility index (Phi) is 5.50. The Morgan fingerprint density at radius 3 is 2.62 bits per heavy atom. The maximum absolute atomic E-state index is 12.8. The summed E-state index contributed by atoms with van der Waals surface area (Å²) in [5, 5.41) is 9.12. The molecule has 0 radical (unpaired) electrons. The topological polar surface area (TPSA) is 57.6 Å². The molecule has 2 rings (SSSR count). The zero-order valence-corrected chi connectivity index (χ0v) is 12.6. The number of nitrogens with zero attached hydrogens (tertiary/aromatic N) is 1. The molecule has 0 spiro atoms. The van der Waals surface area contributed by atoms with Gasteiger partial charge in [0, 0.05) is 19.1 Å². The Balaban J connectivity index is 1.95. The van der Waals surface area contributed by atoms with E-state index in [1.54, 1.807) is 12.1 Å². The molecular formula is C15H20FNO3S. The van der Waals surface area contributed by atoms with Crippen molar-refractivity contribution in [1.82, 2.24) is 4.90 Å². The van der Waals surface area contributed by atoms with Crippen LogP contribution in [0.1, 0.15) is 12.0 Å². The summed E-state index contributed by atoms with van der Waals surface area (Å²) in [5.74, 6) is 0.115. The van der Waals surface area contributed by atoms with Crippen molar-refractivity contribution >= 4 is 15.9 Å². The Labute approximate surface area is 124 Å². The molecule has 1 aliphatic rings. The first-order chi connectivity index (χ1) is 10.00. The van der Waals surface area contributed by atoms with Crippen molar-refractivity contribution in [2.75, 3.05) is 31.2 Å². The van der Waals surface area contributed by atoms with Crippen molar-refractivity contribution in [3.8, 4) is 0 Å². The van der Waals surface area contributed by atoms with Gasteiger partial charge in [-0.2, -0.15) is 0 Å². The fourth-order valence-electron chi connectivity index (χ4n) is 2.51. The summed E-state index contributed by atoms with van der Waals surface area (Å²) in [4.78, 5) is 1.98. The molecule has 1 aromatic rings. The molecule has 6 heteroatoms. The summed E-state index contributed by atoms with van der Waals surface area (Å²) in [6, 6.07) is 6.13. The van der Waals surface area contributed by atoms with E-state index < -0.39 is 9.84 Å². The minimum Gasteiger partial charge on any atom is -0.395 e. The number of aliphatic hydroxyl groups excluding tert-OH is 1. The van der Waals surface area contributed by atoms with Crippen LogP contribution in [0.2, 0.25) is 0 Å². The average Bonchev–Trinajstić information content (AvgIpc) is 2.80. The van der Waals surface area contributed by atoms with Gasteiger partial charge in [0.1, 0.15) is 5.82 Å². The highest BCUT2D eigenvalue weighted by Crippen LogP contribution is 2.17. The number of aliphatic hydroxyl groups is 1. The molecule has 1 aliphatic heterocycles. The molecule has 1 aromatic carbocycles. The number of rotatable bonds is 6. The molecule has 116 valence electrons. The molecule has 1 saturated heterocycles. The smallest absolute Gasteiger partial charge is 0.151 e. The van der Waals surface area contributed by atoms with E-state index >= 15 is 0 Å². The van der Waals surface area contributed by atoms with Crippen LogP contribution in [0.5, 0.6) is 0 Å². The quantitative estimate of drug-likeness (QED) is 0.860. The molecule has 1 heterocycles. The number of halogens is 1. The van der Waals surface area contributed by atoms with Crippen molar-refractivity contribution in [2.24, 2.45) is 0 Å². The van der Waals surface area contributed by atoms with Gasteiger partial charge in [0.05, 0.1) is 18.1 Å². The molecule has 21 heavy (non-hydrogen) atoms. The van der Waals surface area contributed by atoms with E-state index in [0.717, 1.165) is 5.56 Å². The van der Waals surface area contributed by atoms with E-state index in [-0.39, 0.29) is 30.0 Å². The van der Waals surface area contributed by atoms with Crippen molar-refractivity contribution < 1.29 is 17.9 Å². The summed E-state index contributed by atoms with van der Waals surface area (Å²) in [6.45, 7) is 1.02. The maximum Gasteiger partial charge on any atom is 0.151 e. The number of hydrogen-bond donors (Lipinski definition) is 1. The van der Waals surface area contributed by atoms with E-state index in [1.807, 2.05) is 17.1 Å². The Hall–Kier alpha value is -1.24. The monoisotopic (exact) mass is 313 g/mol. The van der Waals surface area contributed by atoms with Crippen LogP contribution in [-0.4, -0.2) is 55.7 Å². The maximum atomic E-state index is 12.8. The predicted molar refractivity (Wildman–Crippen MR) is 81.2 cm³/mol. The van der Waals surface area contributed by atoms with Gasteiger partial charge in [0.2, 0.25) is 0 Å². The first kappa shape index (κ1) is 16.1. The summed E-state index contributed by atoms with van der Waals surface area (Å²) >= 11 is 0. The minimum absolute atomic E-state index is 0.000928. The third-order valence-corrected chi connectivity index (χ3v) is 5.38. The van der Waals surface area contributed by atoms with Crippen LogP contribution in [0, 0.1) is 5.82 Å². The second kappa shape index (κ2) is 7.15. The van der Waals surface area contributed by atoms with Crippen molar-refractivity contribution in [2.45, 2.75) is 12.5 Å². The van der Waals surface area contributed by atoms with E-state index in [4.69, 9.17) is 5.11 Å². The zero-order chi connectivity index (χ0) is 15.3. The molecular weight excluding hydrogens is 293 g/mol. The second-order valence-electron chi connectivity index (χ2n) is 5.23. The third kappa shape index (κ3) is 4.91. The Bertz CT molecular complexity index is 583. The van der Waals surface area contributed by atoms with Gasteiger partial charge in [0.15, 0.2) is 9.84 Å². The van der Waals surface area contributed by atoms with Crippen LogP contribution in [0.15, 0.2) is 30.3 Å². The lowest BCUT2D eigenvalue weighted by Crippen LogP contribution is -2.38. The minimum atomic E-state index is -2.93. The highest BCUT2D eigenvalue weighted by molar-refractivity contribution is 7.91. The van der Waals surface area contributed by atoms with Gasteiger partial charge in [-0.25, -0.2) is 12.8 Å². The lowest BCUT2D eigenvalue weighted by atomic mass is 10.2. The molecule has 0 saturated carbocycles. The molecule has 0 bridgehead atoms. The van der Waals surface area contributed by atoms with Gasteiger partial charge in [-0.05, 0) is 24.1 Å². The zero-order valence-electron chi connectivity index (χ0n) is 11.8. The van der Waals surface area contributed by atoms with Gasteiger partial charge in [0.25, 0.3) is 0 Å². The second-order valence-corrected chi connectivity index (χ2v) is 7.46. The molecule has 1 fully saturated rings. The van der Waals surface area contributed by atoms with Gasteiger partial charge >= 0.3 is 0 Å². The van der Waals surface area contributed by atoms with Crippen LogP contribution in [0.25, 0.3) is 6.08 Å². The Morgan fingerprint density at radius 1 is 1.33 bits per heavy atom. The molecule has 0 amide bonds. The fourth-order valence-corrected chi connectivity index (χ4v) is 4.27. The Morgan fingerprint density at radius 2 is 2.05 bits per heavy atom. The van der Waals surface area contributed by atoms with E-state index in [1.165, 1.54) is 12.1 Å². The van der Waals surface area contributed by atoms with Gasteiger partial charge < -0.3 is 5.11 Å². The largest absolute Gasteiger partial charge is 0.395 e. The van der Waals surface area contributed by atoms with Crippen LogP contribution in [0.3, 0.4) is 0 Å². The molecule has 0 aliphatic carbocycles. The van der Waals surface area contributed by atoms with Crippen molar-refractivity contribution in [1.29, 1.82) is 0 Å². The molecule has 1 atom stereocenters.